The maximum Gasteiger partial charge on any atom is 0.220 e. The smallest absolute Gasteiger partial charge is 0.220 e. The number of hydrogen-bond acceptors (Lipinski definition) is 3. The first kappa shape index (κ1) is 14.9. The fraction of sp³-hybridized carbons (Fsp3) is 0.562. The van der Waals surface area contributed by atoms with Gasteiger partial charge in [0.15, 0.2) is 0 Å². The summed E-state index contributed by atoms with van der Waals surface area (Å²) in [6, 6.07) is 7.04. The summed E-state index contributed by atoms with van der Waals surface area (Å²) in [7, 11) is 0. The second kappa shape index (κ2) is 7.29. The Hall–Kier alpha value is -1.55. The van der Waals surface area contributed by atoms with E-state index in [0.29, 0.717) is 25.3 Å². The van der Waals surface area contributed by atoms with E-state index in [-0.39, 0.29) is 11.7 Å². The summed E-state index contributed by atoms with van der Waals surface area (Å²) in [5.74, 6) is 0.491. The number of hydrogen-bond donors (Lipinski definition) is 3. The first-order valence-electron chi connectivity index (χ1n) is 7.38. The number of rotatable bonds is 6. The topological polar surface area (TPSA) is 69.6 Å². The molecular weight excluding hydrogens is 254 g/mol. The fourth-order valence-electron chi connectivity index (χ4n) is 2.79. The van der Waals surface area contributed by atoms with Crippen LogP contribution < -0.4 is 5.32 Å². The van der Waals surface area contributed by atoms with Gasteiger partial charge in [0.05, 0.1) is 6.10 Å². The van der Waals surface area contributed by atoms with Crippen LogP contribution in [0.3, 0.4) is 0 Å². The van der Waals surface area contributed by atoms with Crippen molar-refractivity contribution in [3.05, 3.63) is 29.8 Å². The molecule has 0 radical (unpaired) electrons. The number of carbonyl (C=O) groups is 1. The molecule has 1 atom stereocenters. The molecule has 1 saturated carbocycles. The lowest BCUT2D eigenvalue weighted by Gasteiger charge is -2.18. The van der Waals surface area contributed by atoms with E-state index in [1.165, 1.54) is 12.8 Å². The highest BCUT2D eigenvalue weighted by Crippen LogP contribution is 2.27. The first-order chi connectivity index (χ1) is 9.66. The Morgan fingerprint density at radius 3 is 2.70 bits per heavy atom. The minimum absolute atomic E-state index is 0.0784. The molecule has 1 fully saturated rings. The molecule has 20 heavy (non-hydrogen) atoms. The average molecular weight is 277 g/mol. The molecule has 3 N–H and O–H groups in total. The number of carbonyl (C=O) groups excluding carboxylic acids is 1. The molecule has 1 aliphatic carbocycles. The Labute approximate surface area is 119 Å². The SMILES string of the molecule is O=C(CCc1ccccc1O)NCC(O)C1CCCC1. The Morgan fingerprint density at radius 1 is 1.30 bits per heavy atom. The molecule has 1 amide bonds. The molecule has 1 aliphatic rings. The highest BCUT2D eigenvalue weighted by Gasteiger charge is 2.23. The van der Waals surface area contributed by atoms with Gasteiger partial charge in [0.1, 0.15) is 5.75 Å². The molecule has 0 heterocycles. The monoisotopic (exact) mass is 277 g/mol. The molecule has 4 nitrogen and oxygen atoms in total. The number of para-hydroxylation sites is 1. The molecule has 2 rings (SSSR count). The quantitative estimate of drug-likeness (QED) is 0.745. The van der Waals surface area contributed by atoms with Crippen LogP contribution in [0, 0.1) is 5.92 Å². The lowest BCUT2D eigenvalue weighted by atomic mass is 10.0. The number of aliphatic hydroxyl groups is 1. The Morgan fingerprint density at radius 2 is 2.00 bits per heavy atom. The Balaban J connectivity index is 1.69. The number of aromatic hydroxyl groups is 1. The third kappa shape index (κ3) is 4.23. The normalized spacial score (nSPS) is 17.1. The molecule has 1 aromatic carbocycles. The lowest BCUT2D eigenvalue weighted by Crippen LogP contribution is -2.35. The number of amides is 1. The Kier molecular flexibility index (Phi) is 5.41. The van der Waals surface area contributed by atoms with Crippen LogP contribution in [0.25, 0.3) is 0 Å². The third-order valence-electron chi connectivity index (χ3n) is 4.07. The second-order valence-electron chi connectivity index (χ2n) is 5.54. The molecule has 0 spiro atoms. The number of benzene rings is 1. The number of nitrogens with one attached hydrogen (secondary N) is 1. The van der Waals surface area contributed by atoms with Crippen LogP contribution in [0.15, 0.2) is 24.3 Å². The van der Waals surface area contributed by atoms with Crippen LogP contribution in [0.1, 0.15) is 37.7 Å². The summed E-state index contributed by atoms with van der Waals surface area (Å²) in [6.07, 6.45) is 4.91. The number of aliphatic hydroxyl groups excluding tert-OH is 1. The van der Waals surface area contributed by atoms with Gasteiger partial charge in [-0.3, -0.25) is 4.79 Å². The molecule has 0 bridgehead atoms. The molecule has 0 saturated heterocycles. The van der Waals surface area contributed by atoms with Crippen LogP contribution in [-0.2, 0) is 11.2 Å². The minimum Gasteiger partial charge on any atom is -0.508 e. The van der Waals surface area contributed by atoms with Gasteiger partial charge in [0.2, 0.25) is 5.91 Å². The second-order valence-corrected chi connectivity index (χ2v) is 5.54. The highest BCUT2D eigenvalue weighted by atomic mass is 16.3. The molecular formula is C16H23NO3. The molecule has 4 heteroatoms. The summed E-state index contributed by atoms with van der Waals surface area (Å²) in [5.41, 5.74) is 0.777. The molecule has 1 aromatic rings. The van der Waals surface area contributed by atoms with Crippen LogP contribution in [0.2, 0.25) is 0 Å². The van der Waals surface area contributed by atoms with Crippen LogP contribution >= 0.6 is 0 Å². The van der Waals surface area contributed by atoms with E-state index in [9.17, 15) is 15.0 Å². The van der Waals surface area contributed by atoms with Crippen molar-refractivity contribution in [2.45, 2.75) is 44.6 Å². The van der Waals surface area contributed by atoms with Gasteiger partial charge in [0.25, 0.3) is 0 Å². The number of phenols is 1. The predicted octanol–water partition coefficient (Wildman–Crippen LogP) is 1.99. The number of phenolic OH excluding ortho intramolecular Hbond substituents is 1. The van der Waals surface area contributed by atoms with Gasteiger partial charge >= 0.3 is 0 Å². The van der Waals surface area contributed by atoms with Crippen molar-refractivity contribution >= 4 is 5.91 Å². The van der Waals surface area contributed by atoms with Gasteiger partial charge in [-0.15, -0.1) is 0 Å². The summed E-state index contributed by atoms with van der Waals surface area (Å²) in [4.78, 5) is 11.7. The minimum atomic E-state index is -0.424. The lowest BCUT2D eigenvalue weighted by molar-refractivity contribution is -0.121. The van der Waals surface area contributed by atoms with Crippen molar-refractivity contribution in [2.24, 2.45) is 5.92 Å². The van der Waals surface area contributed by atoms with Crippen molar-refractivity contribution in [3.8, 4) is 5.75 Å². The van der Waals surface area contributed by atoms with Crippen LogP contribution in [0.5, 0.6) is 5.75 Å². The van der Waals surface area contributed by atoms with Gasteiger partial charge in [-0.1, -0.05) is 31.0 Å². The molecule has 1 unspecified atom stereocenters. The number of aryl methyl sites for hydroxylation is 1. The van der Waals surface area contributed by atoms with Crippen molar-refractivity contribution < 1.29 is 15.0 Å². The van der Waals surface area contributed by atoms with E-state index in [0.717, 1.165) is 18.4 Å². The van der Waals surface area contributed by atoms with E-state index in [2.05, 4.69) is 5.32 Å². The standard InChI is InChI=1S/C16H23NO3/c18-14-8-4-3-7-13(14)9-10-16(20)17-11-15(19)12-5-1-2-6-12/h3-4,7-8,12,15,18-19H,1-2,5-6,9-11H2,(H,17,20). The van der Waals surface area contributed by atoms with Crippen molar-refractivity contribution in [1.29, 1.82) is 0 Å². The zero-order valence-electron chi connectivity index (χ0n) is 11.7. The zero-order chi connectivity index (χ0) is 14.4. The third-order valence-corrected chi connectivity index (χ3v) is 4.07. The van der Waals surface area contributed by atoms with Gasteiger partial charge in [-0.2, -0.15) is 0 Å². The van der Waals surface area contributed by atoms with Crippen LogP contribution in [0.4, 0.5) is 0 Å². The molecule has 110 valence electrons. The van der Waals surface area contributed by atoms with E-state index in [1.54, 1.807) is 12.1 Å². The van der Waals surface area contributed by atoms with E-state index in [1.807, 2.05) is 12.1 Å². The summed E-state index contributed by atoms with van der Waals surface area (Å²) in [5, 5.41) is 22.4. The largest absolute Gasteiger partial charge is 0.508 e. The summed E-state index contributed by atoms with van der Waals surface area (Å²) < 4.78 is 0. The van der Waals surface area contributed by atoms with Crippen molar-refractivity contribution in [2.75, 3.05) is 6.54 Å². The average Bonchev–Trinajstić information content (AvgIpc) is 2.98. The summed E-state index contributed by atoms with van der Waals surface area (Å²) in [6.45, 7) is 0.338. The van der Waals surface area contributed by atoms with Crippen LogP contribution in [-0.4, -0.2) is 28.8 Å². The zero-order valence-corrected chi connectivity index (χ0v) is 11.7. The molecule has 0 aliphatic heterocycles. The highest BCUT2D eigenvalue weighted by molar-refractivity contribution is 5.76. The van der Waals surface area contributed by atoms with Gasteiger partial charge in [-0.05, 0) is 36.8 Å². The van der Waals surface area contributed by atoms with E-state index in [4.69, 9.17) is 0 Å². The first-order valence-corrected chi connectivity index (χ1v) is 7.38. The summed E-state index contributed by atoms with van der Waals surface area (Å²) >= 11 is 0. The van der Waals surface area contributed by atoms with Crippen molar-refractivity contribution in [1.82, 2.24) is 5.32 Å². The van der Waals surface area contributed by atoms with E-state index >= 15 is 0 Å². The van der Waals surface area contributed by atoms with Gasteiger partial charge in [0, 0.05) is 13.0 Å². The van der Waals surface area contributed by atoms with Gasteiger partial charge < -0.3 is 15.5 Å². The van der Waals surface area contributed by atoms with Crippen molar-refractivity contribution in [3.63, 3.8) is 0 Å². The maximum atomic E-state index is 11.7. The van der Waals surface area contributed by atoms with Gasteiger partial charge in [-0.25, -0.2) is 0 Å². The predicted molar refractivity (Wildman–Crippen MR) is 77.4 cm³/mol. The Bertz CT molecular complexity index is 441. The maximum absolute atomic E-state index is 11.7. The fourth-order valence-corrected chi connectivity index (χ4v) is 2.79. The molecule has 0 aromatic heterocycles. The van der Waals surface area contributed by atoms with E-state index < -0.39 is 6.10 Å².